The van der Waals surface area contributed by atoms with Crippen molar-refractivity contribution in [3.05, 3.63) is 34.9 Å². The molecule has 1 rings (SSSR count). The van der Waals surface area contributed by atoms with E-state index < -0.39 is 11.9 Å². The largest absolute Gasteiger partial charge is 0.478 e. The van der Waals surface area contributed by atoms with Gasteiger partial charge in [0.15, 0.2) is 0 Å². The first-order valence-corrected chi connectivity index (χ1v) is 4.84. The van der Waals surface area contributed by atoms with E-state index in [0.29, 0.717) is 10.9 Å². The molecule has 4 nitrogen and oxygen atoms in total. The maximum Gasteiger partial charge on any atom is 0.336 e. The Balaban J connectivity index is 3.27. The van der Waals surface area contributed by atoms with E-state index in [0.717, 1.165) is 6.07 Å². The molecule has 0 heterocycles. The minimum absolute atomic E-state index is 0.0155. The van der Waals surface area contributed by atoms with Crippen LogP contribution in [-0.2, 0) is 5.33 Å². The molecule has 0 saturated carbocycles. The van der Waals surface area contributed by atoms with E-state index in [4.69, 9.17) is 10.2 Å². The summed E-state index contributed by atoms with van der Waals surface area (Å²) in [5.41, 5.74) is 0.552. The van der Waals surface area contributed by atoms with Crippen LogP contribution in [0.2, 0.25) is 0 Å². The SMILES string of the molecule is O=C(O)c1ccc(CBr)c(C(=O)O)c1. The summed E-state index contributed by atoms with van der Waals surface area (Å²) < 4.78 is 0. The number of benzene rings is 1. The average Bonchev–Trinajstić information content (AvgIpc) is 2.16. The van der Waals surface area contributed by atoms with Crippen LogP contribution in [0.5, 0.6) is 0 Å². The molecule has 1 aromatic carbocycles. The van der Waals surface area contributed by atoms with Gasteiger partial charge in [-0.1, -0.05) is 22.0 Å². The lowest BCUT2D eigenvalue weighted by molar-refractivity contribution is 0.0695. The summed E-state index contributed by atoms with van der Waals surface area (Å²) in [6, 6.07) is 4.02. The van der Waals surface area contributed by atoms with Crippen molar-refractivity contribution in [2.24, 2.45) is 0 Å². The van der Waals surface area contributed by atoms with Gasteiger partial charge in [-0.15, -0.1) is 0 Å². The van der Waals surface area contributed by atoms with Gasteiger partial charge in [0.1, 0.15) is 0 Å². The molecule has 0 aliphatic heterocycles. The normalized spacial score (nSPS) is 9.79. The zero-order chi connectivity index (χ0) is 10.7. The number of carboxylic acids is 2. The highest BCUT2D eigenvalue weighted by atomic mass is 79.9. The number of rotatable bonds is 3. The lowest BCUT2D eigenvalue weighted by Crippen LogP contribution is -2.05. The maximum atomic E-state index is 10.7. The highest BCUT2D eigenvalue weighted by molar-refractivity contribution is 9.08. The highest BCUT2D eigenvalue weighted by Crippen LogP contribution is 2.15. The molecule has 0 aliphatic rings. The van der Waals surface area contributed by atoms with Crippen molar-refractivity contribution in [3.63, 3.8) is 0 Å². The molecule has 0 saturated heterocycles. The molecule has 5 heteroatoms. The molecule has 0 spiro atoms. The Morgan fingerprint density at radius 3 is 2.29 bits per heavy atom. The van der Waals surface area contributed by atoms with Crippen LogP contribution in [0.4, 0.5) is 0 Å². The Labute approximate surface area is 88.3 Å². The molecule has 2 N–H and O–H groups in total. The first-order chi connectivity index (χ1) is 6.56. The fraction of sp³-hybridized carbons (Fsp3) is 0.111. The number of alkyl halides is 1. The van der Waals surface area contributed by atoms with Gasteiger partial charge in [0.05, 0.1) is 11.1 Å². The topological polar surface area (TPSA) is 74.6 Å². The second-order valence-electron chi connectivity index (χ2n) is 2.62. The zero-order valence-electron chi connectivity index (χ0n) is 7.03. The molecule has 0 aromatic heterocycles. The molecule has 0 fully saturated rings. The van der Waals surface area contributed by atoms with Gasteiger partial charge in [-0.05, 0) is 17.7 Å². The van der Waals surface area contributed by atoms with Crippen LogP contribution in [0.1, 0.15) is 26.3 Å². The Morgan fingerprint density at radius 1 is 1.21 bits per heavy atom. The van der Waals surface area contributed by atoms with Gasteiger partial charge in [-0.25, -0.2) is 9.59 Å². The average molecular weight is 259 g/mol. The molecule has 74 valence electrons. The number of carbonyl (C=O) groups is 2. The third kappa shape index (κ3) is 2.11. The van der Waals surface area contributed by atoms with Crippen LogP contribution in [0, 0.1) is 0 Å². The molecule has 0 bridgehead atoms. The van der Waals surface area contributed by atoms with Crippen LogP contribution in [0.15, 0.2) is 18.2 Å². The van der Waals surface area contributed by atoms with E-state index >= 15 is 0 Å². The minimum Gasteiger partial charge on any atom is -0.478 e. The van der Waals surface area contributed by atoms with E-state index in [2.05, 4.69) is 15.9 Å². The molecule has 0 radical (unpaired) electrons. The van der Waals surface area contributed by atoms with Crippen molar-refractivity contribution >= 4 is 27.9 Å². The summed E-state index contributed by atoms with van der Waals surface area (Å²) >= 11 is 3.13. The van der Waals surface area contributed by atoms with Gasteiger partial charge in [-0.3, -0.25) is 0 Å². The summed E-state index contributed by atoms with van der Waals surface area (Å²) in [7, 11) is 0. The van der Waals surface area contributed by atoms with Gasteiger partial charge in [0.2, 0.25) is 0 Å². The summed E-state index contributed by atoms with van der Waals surface area (Å²) in [5.74, 6) is -2.25. The summed E-state index contributed by atoms with van der Waals surface area (Å²) in [4.78, 5) is 21.3. The number of hydrogen-bond acceptors (Lipinski definition) is 2. The van der Waals surface area contributed by atoms with Gasteiger partial charge in [-0.2, -0.15) is 0 Å². The smallest absolute Gasteiger partial charge is 0.336 e. The molecule has 0 atom stereocenters. The van der Waals surface area contributed by atoms with Crippen molar-refractivity contribution < 1.29 is 19.8 Å². The Kier molecular flexibility index (Phi) is 3.24. The third-order valence-electron chi connectivity index (χ3n) is 1.73. The van der Waals surface area contributed by atoms with Gasteiger partial charge in [0, 0.05) is 5.33 Å². The Bertz CT molecular complexity index is 386. The Hall–Kier alpha value is -1.36. The van der Waals surface area contributed by atoms with Gasteiger partial charge < -0.3 is 10.2 Å². The quantitative estimate of drug-likeness (QED) is 0.814. The number of hydrogen-bond donors (Lipinski definition) is 2. The third-order valence-corrected chi connectivity index (χ3v) is 2.34. The van der Waals surface area contributed by atoms with Gasteiger partial charge >= 0.3 is 11.9 Å². The summed E-state index contributed by atoms with van der Waals surface area (Å²) in [6.07, 6.45) is 0. The molecule has 0 unspecified atom stereocenters. The highest BCUT2D eigenvalue weighted by Gasteiger charge is 2.12. The first kappa shape index (κ1) is 10.7. The van der Waals surface area contributed by atoms with E-state index in [-0.39, 0.29) is 11.1 Å². The van der Waals surface area contributed by atoms with Crippen LogP contribution in [0.25, 0.3) is 0 Å². The molecular formula is C9H7BrO4. The molecule has 0 aliphatic carbocycles. The molecule has 1 aromatic rings. The maximum absolute atomic E-state index is 10.7. The second-order valence-corrected chi connectivity index (χ2v) is 3.18. The summed E-state index contributed by atoms with van der Waals surface area (Å²) in [5, 5.41) is 17.8. The lowest BCUT2D eigenvalue weighted by atomic mass is 10.1. The van der Waals surface area contributed by atoms with Crippen molar-refractivity contribution in [3.8, 4) is 0 Å². The van der Waals surface area contributed by atoms with Crippen LogP contribution >= 0.6 is 15.9 Å². The minimum atomic E-state index is -1.13. The zero-order valence-corrected chi connectivity index (χ0v) is 8.61. The number of halogens is 1. The van der Waals surface area contributed by atoms with Crippen molar-refractivity contribution in [2.45, 2.75) is 5.33 Å². The monoisotopic (exact) mass is 258 g/mol. The Morgan fingerprint density at radius 2 is 1.86 bits per heavy atom. The number of carboxylic acid groups (broad SMARTS) is 2. The predicted octanol–water partition coefficient (Wildman–Crippen LogP) is 1.98. The molecule has 0 amide bonds. The molecule has 14 heavy (non-hydrogen) atoms. The predicted molar refractivity (Wildman–Crippen MR) is 53.0 cm³/mol. The number of aromatic carboxylic acids is 2. The van der Waals surface area contributed by atoms with E-state index in [9.17, 15) is 9.59 Å². The first-order valence-electron chi connectivity index (χ1n) is 3.71. The van der Waals surface area contributed by atoms with Gasteiger partial charge in [0.25, 0.3) is 0 Å². The fourth-order valence-electron chi connectivity index (χ4n) is 1.03. The summed E-state index contributed by atoms with van der Waals surface area (Å²) in [6.45, 7) is 0. The van der Waals surface area contributed by atoms with Crippen LogP contribution in [-0.4, -0.2) is 22.2 Å². The fourth-order valence-corrected chi connectivity index (χ4v) is 1.51. The van der Waals surface area contributed by atoms with Crippen molar-refractivity contribution in [2.75, 3.05) is 0 Å². The van der Waals surface area contributed by atoms with Crippen molar-refractivity contribution in [1.29, 1.82) is 0 Å². The van der Waals surface area contributed by atoms with E-state index in [1.807, 2.05) is 0 Å². The van der Waals surface area contributed by atoms with Crippen LogP contribution < -0.4 is 0 Å². The van der Waals surface area contributed by atoms with E-state index in [1.54, 1.807) is 0 Å². The standard InChI is InChI=1S/C9H7BrO4/c10-4-6-2-1-5(8(11)12)3-7(6)9(13)14/h1-3H,4H2,(H,11,12)(H,13,14). The van der Waals surface area contributed by atoms with Crippen molar-refractivity contribution in [1.82, 2.24) is 0 Å². The molecular weight excluding hydrogens is 252 g/mol. The van der Waals surface area contributed by atoms with E-state index in [1.165, 1.54) is 12.1 Å². The lowest BCUT2D eigenvalue weighted by Gasteiger charge is -2.03. The van der Waals surface area contributed by atoms with Crippen LogP contribution in [0.3, 0.4) is 0 Å². The second kappa shape index (κ2) is 4.23.